The molecule has 0 aromatic heterocycles. The summed E-state index contributed by atoms with van der Waals surface area (Å²) < 4.78 is 0. The maximum atomic E-state index is 11.1. The minimum atomic E-state index is -0.376. The molecule has 25 heavy (non-hydrogen) atoms. The number of hydrogen-bond donors (Lipinski definition) is 4. The normalized spacial score (nSPS) is 18.8. The summed E-state index contributed by atoms with van der Waals surface area (Å²) in [7, 11) is 3.97. The summed E-state index contributed by atoms with van der Waals surface area (Å²) >= 11 is 0. The Labute approximate surface area is 150 Å². The second-order valence-corrected chi connectivity index (χ2v) is 6.38. The van der Waals surface area contributed by atoms with E-state index in [1.165, 1.54) is 0 Å². The van der Waals surface area contributed by atoms with E-state index >= 15 is 0 Å². The third-order valence-corrected chi connectivity index (χ3v) is 4.33. The molecule has 2 amide bonds. The third-order valence-electron chi connectivity index (χ3n) is 4.33. The van der Waals surface area contributed by atoms with Crippen molar-refractivity contribution >= 4 is 11.8 Å². The fourth-order valence-electron chi connectivity index (χ4n) is 2.80. The van der Waals surface area contributed by atoms with Crippen LogP contribution in [0.5, 0.6) is 0 Å². The van der Waals surface area contributed by atoms with Crippen molar-refractivity contribution in [2.75, 3.05) is 40.3 Å². The number of carbonyl (C=O) groups is 2. The maximum absolute atomic E-state index is 11.1. The van der Waals surface area contributed by atoms with Crippen molar-refractivity contribution in [3.8, 4) is 0 Å². The number of carbonyl (C=O) groups excluding carboxylic acids is 2. The molecule has 144 valence electrons. The summed E-state index contributed by atoms with van der Waals surface area (Å²) in [4.78, 5) is 26.3. The Morgan fingerprint density at radius 2 is 1.32 bits per heavy atom. The highest BCUT2D eigenvalue weighted by atomic mass is 16.5. The predicted octanol–water partition coefficient (Wildman–Crippen LogP) is 0.924. The number of amides is 2. The summed E-state index contributed by atoms with van der Waals surface area (Å²) in [5, 5.41) is 16.9. The first-order chi connectivity index (χ1) is 11.3. The molecule has 0 fully saturated rings. The van der Waals surface area contributed by atoms with Crippen LogP contribution in [0, 0.1) is 0 Å². The van der Waals surface area contributed by atoms with Gasteiger partial charge in [-0.05, 0) is 40.8 Å². The zero-order valence-corrected chi connectivity index (χ0v) is 14.8. The van der Waals surface area contributed by atoms with Gasteiger partial charge in [0.25, 0.3) is 11.8 Å². The van der Waals surface area contributed by atoms with Gasteiger partial charge in [0.1, 0.15) is 0 Å². The Bertz CT molecular complexity index is 543. The molecule has 0 radical (unpaired) electrons. The highest BCUT2D eigenvalue weighted by molar-refractivity contribution is 5.94. The van der Waals surface area contributed by atoms with Gasteiger partial charge in [-0.2, -0.15) is 0 Å². The summed E-state index contributed by atoms with van der Waals surface area (Å²) in [6, 6.07) is 0. The second kappa shape index (κ2) is 11.0. The summed E-state index contributed by atoms with van der Waals surface area (Å²) in [5.74, 6) is -0.736. The van der Waals surface area contributed by atoms with Gasteiger partial charge in [0.15, 0.2) is 0 Å². The molecular weight excluding hydrogens is 324 g/mol. The lowest BCUT2D eigenvalue weighted by molar-refractivity contribution is -0.126. The number of hydroxylamine groups is 2. The maximum Gasteiger partial charge on any atom is 0.271 e. The molecule has 0 saturated carbocycles. The van der Waals surface area contributed by atoms with E-state index in [4.69, 9.17) is 10.4 Å². The first-order valence-electron chi connectivity index (χ1n) is 7.93. The van der Waals surface area contributed by atoms with E-state index in [-0.39, 0.29) is 19.2 Å². The molecule has 0 saturated heterocycles. The standard InChI is InChI=1S/2C8H14N2O2.CH4/c1-6-5-10(2)4-3-7(6)8(11)9-12;1-6-3-4-10(2)5-7(6)8(11)9-12;/h2*12H,3-5H2,1-2H3,(H,9,11);1H4. The molecule has 2 aliphatic heterocycles. The smallest absolute Gasteiger partial charge is 0.271 e. The fraction of sp³-hybridized carbons (Fsp3) is 0.647. The van der Waals surface area contributed by atoms with E-state index in [2.05, 4.69) is 9.80 Å². The lowest BCUT2D eigenvalue weighted by Gasteiger charge is -2.24. The molecule has 0 spiro atoms. The molecular formula is C17H32N4O4. The average molecular weight is 356 g/mol. The number of likely N-dealkylation sites (N-methyl/N-ethyl adjacent to an activating group) is 2. The fourth-order valence-corrected chi connectivity index (χ4v) is 2.80. The quantitative estimate of drug-likeness (QED) is 0.433. The van der Waals surface area contributed by atoms with Crippen LogP contribution in [0.1, 0.15) is 34.1 Å². The summed E-state index contributed by atoms with van der Waals surface area (Å²) in [5.41, 5.74) is 6.84. The van der Waals surface area contributed by atoms with Crippen LogP contribution in [0.15, 0.2) is 22.3 Å². The van der Waals surface area contributed by atoms with Crippen molar-refractivity contribution in [2.45, 2.75) is 34.1 Å². The first-order valence-corrected chi connectivity index (χ1v) is 7.93. The molecule has 8 heteroatoms. The van der Waals surface area contributed by atoms with Gasteiger partial charge < -0.3 is 9.80 Å². The van der Waals surface area contributed by atoms with Crippen LogP contribution >= 0.6 is 0 Å². The van der Waals surface area contributed by atoms with E-state index in [0.29, 0.717) is 18.5 Å². The van der Waals surface area contributed by atoms with Crippen LogP contribution < -0.4 is 11.0 Å². The highest BCUT2D eigenvalue weighted by Crippen LogP contribution is 2.16. The van der Waals surface area contributed by atoms with E-state index in [0.717, 1.165) is 42.8 Å². The van der Waals surface area contributed by atoms with Gasteiger partial charge in [0.2, 0.25) is 0 Å². The Morgan fingerprint density at radius 3 is 1.84 bits per heavy atom. The van der Waals surface area contributed by atoms with Gasteiger partial charge in [0, 0.05) is 37.3 Å². The van der Waals surface area contributed by atoms with Crippen molar-refractivity contribution in [3.05, 3.63) is 22.3 Å². The van der Waals surface area contributed by atoms with E-state index in [1.807, 2.05) is 27.9 Å². The molecule has 2 aliphatic rings. The van der Waals surface area contributed by atoms with Crippen molar-refractivity contribution in [1.29, 1.82) is 0 Å². The lowest BCUT2D eigenvalue weighted by Crippen LogP contribution is -2.34. The number of nitrogens with one attached hydrogen (secondary N) is 2. The van der Waals surface area contributed by atoms with Crippen molar-refractivity contribution in [3.63, 3.8) is 0 Å². The lowest BCUT2D eigenvalue weighted by atomic mass is 10.0. The topological polar surface area (TPSA) is 105 Å². The van der Waals surface area contributed by atoms with Crippen molar-refractivity contribution < 1.29 is 20.0 Å². The number of nitrogens with zero attached hydrogens (tertiary/aromatic N) is 2. The zero-order valence-electron chi connectivity index (χ0n) is 14.8. The van der Waals surface area contributed by atoms with E-state index in [1.54, 1.807) is 11.0 Å². The van der Waals surface area contributed by atoms with Crippen LogP contribution in [0.25, 0.3) is 0 Å². The Kier molecular flexibility index (Phi) is 10.2. The largest absolute Gasteiger partial charge is 0.302 e. The van der Waals surface area contributed by atoms with Gasteiger partial charge in [-0.3, -0.25) is 20.0 Å². The molecule has 2 rings (SSSR count). The van der Waals surface area contributed by atoms with Gasteiger partial charge in [0.05, 0.1) is 0 Å². The Balaban J connectivity index is 0.000000443. The molecule has 0 atom stereocenters. The summed E-state index contributed by atoms with van der Waals surface area (Å²) in [6.45, 7) is 7.13. The number of hydrogen-bond acceptors (Lipinski definition) is 6. The molecule has 0 aromatic carbocycles. The minimum Gasteiger partial charge on any atom is -0.302 e. The van der Waals surface area contributed by atoms with Gasteiger partial charge in [-0.15, -0.1) is 0 Å². The monoisotopic (exact) mass is 356 g/mol. The van der Waals surface area contributed by atoms with Crippen LogP contribution in [-0.2, 0) is 9.59 Å². The predicted molar refractivity (Wildman–Crippen MR) is 96.2 cm³/mol. The minimum absolute atomic E-state index is 0. The second-order valence-electron chi connectivity index (χ2n) is 6.38. The molecule has 0 aliphatic carbocycles. The van der Waals surface area contributed by atoms with Crippen LogP contribution in [0.4, 0.5) is 0 Å². The average Bonchev–Trinajstić information content (AvgIpc) is 2.56. The molecule has 2 heterocycles. The van der Waals surface area contributed by atoms with E-state index in [9.17, 15) is 9.59 Å². The summed E-state index contributed by atoms with van der Waals surface area (Å²) in [6.07, 6.45) is 1.62. The first kappa shape index (κ1) is 23.3. The molecule has 0 aromatic rings. The third kappa shape index (κ3) is 6.95. The molecule has 8 nitrogen and oxygen atoms in total. The van der Waals surface area contributed by atoms with Crippen molar-refractivity contribution in [2.24, 2.45) is 0 Å². The SMILES string of the molecule is C.CC1=C(C(=O)NO)CCN(C)C1.CC1=C(C(=O)NO)CN(C)CC1. The zero-order chi connectivity index (χ0) is 18.3. The van der Waals surface area contributed by atoms with Crippen LogP contribution in [0.3, 0.4) is 0 Å². The number of rotatable bonds is 2. The Hall–Kier alpha value is -1.74. The van der Waals surface area contributed by atoms with Crippen molar-refractivity contribution in [1.82, 2.24) is 20.8 Å². The van der Waals surface area contributed by atoms with Gasteiger partial charge in [-0.25, -0.2) is 11.0 Å². The van der Waals surface area contributed by atoms with Gasteiger partial charge >= 0.3 is 0 Å². The molecule has 4 N–H and O–H groups in total. The highest BCUT2D eigenvalue weighted by Gasteiger charge is 2.19. The molecule has 0 bridgehead atoms. The van der Waals surface area contributed by atoms with Crippen LogP contribution in [-0.4, -0.2) is 72.3 Å². The van der Waals surface area contributed by atoms with Crippen LogP contribution in [0.2, 0.25) is 0 Å². The Morgan fingerprint density at radius 1 is 0.840 bits per heavy atom. The van der Waals surface area contributed by atoms with Gasteiger partial charge in [-0.1, -0.05) is 18.6 Å². The molecule has 0 unspecified atom stereocenters. The van der Waals surface area contributed by atoms with E-state index < -0.39 is 0 Å².